The van der Waals surface area contributed by atoms with Gasteiger partial charge in [0, 0.05) is 24.9 Å². The van der Waals surface area contributed by atoms with Crippen LogP contribution in [0.15, 0.2) is 35.5 Å². The smallest absolute Gasteiger partial charge is 0.269 e. The Morgan fingerprint density at radius 2 is 1.95 bits per heavy atom. The van der Waals surface area contributed by atoms with Crippen LogP contribution in [0.25, 0.3) is 0 Å². The maximum absolute atomic E-state index is 11.2. The molecule has 0 aliphatic heterocycles. The van der Waals surface area contributed by atoms with Crippen LogP contribution in [0.3, 0.4) is 0 Å². The highest BCUT2D eigenvalue weighted by Crippen LogP contribution is 2.14. The Hall–Kier alpha value is -2.26. The Morgan fingerprint density at radius 1 is 1.35 bits per heavy atom. The van der Waals surface area contributed by atoms with Crippen LogP contribution >= 0.6 is 0 Å². The van der Waals surface area contributed by atoms with E-state index in [2.05, 4.69) is 4.98 Å². The lowest BCUT2D eigenvalue weighted by Crippen LogP contribution is -2.12. The van der Waals surface area contributed by atoms with E-state index in [1.807, 2.05) is 0 Å². The van der Waals surface area contributed by atoms with Gasteiger partial charge in [0.1, 0.15) is 5.82 Å². The van der Waals surface area contributed by atoms with E-state index in [1.54, 1.807) is 23.6 Å². The van der Waals surface area contributed by atoms with E-state index in [0.717, 1.165) is 5.56 Å². The second-order valence-electron chi connectivity index (χ2n) is 4.22. The Labute approximate surface area is 115 Å². The number of nitrogens with zero attached hydrogens (tertiary/aromatic N) is 3. The molecule has 0 unspecified atom stereocenters. The van der Waals surface area contributed by atoms with Crippen molar-refractivity contribution in [2.24, 2.45) is 5.14 Å². The third-order valence-electron chi connectivity index (χ3n) is 2.75. The molecule has 0 aliphatic rings. The van der Waals surface area contributed by atoms with Gasteiger partial charge in [-0.05, 0) is 12.5 Å². The highest BCUT2D eigenvalue weighted by molar-refractivity contribution is 7.89. The van der Waals surface area contributed by atoms with E-state index in [-0.39, 0.29) is 10.7 Å². The number of aromatic nitrogens is 2. The molecule has 106 valence electrons. The van der Waals surface area contributed by atoms with Crippen LogP contribution in [0.5, 0.6) is 0 Å². The van der Waals surface area contributed by atoms with E-state index in [9.17, 15) is 18.5 Å². The molecule has 9 heteroatoms. The second-order valence-corrected chi connectivity index (χ2v) is 5.73. The molecule has 20 heavy (non-hydrogen) atoms. The zero-order valence-electron chi connectivity index (χ0n) is 10.6. The Balaban J connectivity index is 2.26. The number of hydrogen-bond donors (Lipinski definition) is 1. The van der Waals surface area contributed by atoms with Crippen molar-refractivity contribution >= 4 is 15.7 Å². The summed E-state index contributed by atoms with van der Waals surface area (Å²) in [5.41, 5.74) is 0.790. The lowest BCUT2D eigenvalue weighted by Gasteiger charge is -2.04. The predicted molar refractivity (Wildman–Crippen MR) is 70.5 cm³/mol. The summed E-state index contributed by atoms with van der Waals surface area (Å²) < 4.78 is 24.0. The molecule has 0 amide bonds. The second kappa shape index (κ2) is 5.02. The third kappa shape index (κ3) is 3.00. The first kappa shape index (κ1) is 14.2. The van der Waals surface area contributed by atoms with E-state index in [1.165, 1.54) is 18.3 Å². The number of imidazole rings is 1. The first-order valence-electron chi connectivity index (χ1n) is 5.57. The molecule has 2 N–H and O–H groups in total. The predicted octanol–water partition coefficient (Wildman–Crippen LogP) is 0.795. The first-order valence-corrected chi connectivity index (χ1v) is 7.12. The third-order valence-corrected chi connectivity index (χ3v) is 3.53. The zero-order chi connectivity index (χ0) is 14.9. The minimum atomic E-state index is -3.84. The monoisotopic (exact) mass is 296 g/mol. The van der Waals surface area contributed by atoms with Gasteiger partial charge in [-0.3, -0.25) is 10.1 Å². The molecule has 2 aromatic rings. The van der Waals surface area contributed by atoms with Crippen molar-refractivity contribution in [1.29, 1.82) is 0 Å². The summed E-state index contributed by atoms with van der Waals surface area (Å²) in [6, 6.07) is 5.99. The van der Waals surface area contributed by atoms with E-state index in [0.29, 0.717) is 12.4 Å². The number of rotatable bonds is 4. The van der Waals surface area contributed by atoms with Gasteiger partial charge in [-0.1, -0.05) is 12.1 Å². The van der Waals surface area contributed by atoms with Crippen molar-refractivity contribution in [3.63, 3.8) is 0 Å². The van der Waals surface area contributed by atoms with Gasteiger partial charge in [-0.2, -0.15) is 0 Å². The first-order chi connectivity index (χ1) is 9.27. The number of nitro benzene ring substituents is 1. The molecular formula is C11H12N4O4S. The van der Waals surface area contributed by atoms with Gasteiger partial charge in [0.25, 0.3) is 15.7 Å². The largest absolute Gasteiger partial charge is 0.329 e. The number of benzene rings is 1. The lowest BCUT2D eigenvalue weighted by atomic mass is 10.2. The van der Waals surface area contributed by atoms with Crippen molar-refractivity contribution in [2.45, 2.75) is 18.5 Å². The van der Waals surface area contributed by atoms with E-state index >= 15 is 0 Å². The van der Waals surface area contributed by atoms with Crippen LogP contribution in [0.2, 0.25) is 0 Å². The Morgan fingerprint density at radius 3 is 2.40 bits per heavy atom. The van der Waals surface area contributed by atoms with Crippen LogP contribution in [0, 0.1) is 17.0 Å². The maximum Gasteiger partial charge on any atom is 0.269 e. The van der Waals surface area contributed by atoms with Crippen LogP contribution in [0.1, 0.15) is 11.4 Å². The maximum atomic E-state index is 11.2. The number of aryl methyl sites for hydroxylation is 1. The van der Waals surface area contributed by atoms with Crippen molar-refractivity contribution in [3.8, 4) is 0 Å². The van der Waals surface area contributed by atoms with Gasteiger partial charge < -0.3 is 4.57 Å². The van der Waals surface area contributed by atoms with Gasteiger partial charge in [0.2, 0.25) is 0 Å². The molecule has 1 aromatic carbocycles. The highest BCUT2D eigenvalue weighted by atomic mass is 32.2. The molecule has 8 nitrogen and oxygen atoms in total. The normalized spacial score (nSPS) is 11.5. The van der Waals surface area contributed by atoms with Gasteiger partial charge in [0.15, 0.2) is 5.03 Å². The fourth-order valence-electron chi connectivity index (χ4n) is 1.70. The standard InChI is InChI=1S/C11H12N4O4S/c1-8-13-11(20(12,18)19)7-14(8)6-9-2-4-10(5-3-9)15(16)17/h2-5,7H,6H2,1H3,(H2,12,18,19). The molecular weight excluding hydrogens is 284 g/mol. The van der Waals surface area contributed by atoms with E-state index < -0.39 is 14.9 Å². The number of non-ortho nitro benzene ring substituents is 1. The molecule has 0 spiro atoms. The zero-order valence-corrected chi connectivity index (χ0v) is 11.4. The summed E-state index contributed by atoms with van der Waals surface area (Å²) in [6.07, 6.45) is 1.34. The molecule has 2 rings (SSSR count). The van der Waals surface area contributed by atoms with E-state index in [4.69, 9.17) is 5.14 Å². The average Bonchev–Trinajstić information content (AvgIpc) is 2.71. The van der Waals surface area contributed by atoms with Gasteiger partial charge in [-0.25, -0.2) is 18.5 Å². The molecule has 0 atom stereocenters. The van der Waals surface area contributed by atoms with Crippen LogP contribution in [0.4, 0.5) is 5.69 Å². The van der Waals surface area contributed by atoms with Crippen LogP contribution in [-0.4, -0.2) is 22.9 Å². The molecule has 0 bridgehead atoms. The van der Waals surface area contributed by atoms with Crippen molar-refractivity contribution in [2.75, 3.05) is 0 Å². The lowest BCUT2D eigenvalue weighted by molar-refractivity contribution is -0.384. The van der Waals surface area contributed by atoms with Crippen molar-refractivity contribution in [1.82, 2.24) is 9.55 Å². The summed E-state index contributed by atoms with van der Waals surface area (Å²) in [5.74, 6) is 0.493. The fraction of sp³-hybridized carbons (Fsp3) is 0.182. The van der Waals surface area contributed by atoms with Gasteiger partial charge in [0.05, 0.1) is 4.92 Å². The average molecular weight is 296 g/mol. The van der Waals surface area contributed by atoms with Crippen molar-refractivity contribution < 1.29 is 13.3 Å². The molecule has 0 saturated carbocycles. The van der Waals surface area contributed by atoms with Crippen LogP contribution in [-0.2, 0) is 16.6 Å². The summed E-state index contributed by atoms with van der Waals surface area (Å²) in [7, 11) is -3.84. The van der Waals surface area contributed by atoms with Gasteiger partial charge in [-0.15, -0.1) is 0 Å². The number of sulfonamides is 1. The number of nitrogens with two attached hydrogens (primary N) is 1. The minimum Gasteiger partial charge on any atom is -0.329 e. The fourth-order valence-corrected chi connectivity index (χ4v) is 2.23. The molecule has 0 radical (unpaired) electrons. The summed E-state index contributed by atoms with van der Waals surface area (Å²) >= 11 is 0. The number of primary sulfonamides is 1. The molecule has 1 heterocycles. The Bertz CT molecular complexity index is 749. The Kier molecular flexibility index (Phi) is 3.55. The number of hydrogen-bond acceptors (Lipinski definition) is 5. The number of nitro groups is 1. The van der Waals surface area contributed by atoms with Gasteiger partial charge >= 0.3 is 0 Å². The SMILES string of the molecule is Cc1nc(S(N)(=O)=O)cn1Cc1ccc([N+](=O)[O-])cc1. The topological polar surface area (TPSA) is 121 Å². The molecule has 0 saturated heterocycles. The van der Waals surface area contributed by atoms with Crippen molar-refractivity contribution in [3.05, 3.63) is 52.0 Å². The summed E-state index contributed by atoms with van der Waals surface area (Å²) in [6.45, 7) is 2.01. The summed E-state index contributed by atoms with van der Waals surface area (Å²) in [4.78, 5) is 13.9. The summed E-state index contributed by atoms with van der Waals surface area (Å²) in [5, 5.41) is 15.4. The molecule has 0 fully saturated rings. The minimum absolute atomic E-state index is 0.00123. The highest BCUT2D eigenvalue weighted by Gasteiger charge is 2.14. The quantitative estimate of drug-likeness (QED) is 0.660. The molecule has 1 aromatic heterocycles. The molecule has 0 aliphatic carbocycles. The van der Waals surface area contributed by atoms with Crippen LogP contribution < -0.4 is 5.14 Å².